The van der Waals surface area contributed by atoms with E-state index < -0.39 is 0 Å². The summed E-state index contributed by atoms with van der Waals surface area (Å²) in [5, 5.41) is 7.84. The molecule has 0 spiro atoms. The number of pyridine rings is 1. The van der Waals surface area contributed by atoms with Gasteiger partial charge >= 0.3 is 6.09 Å². The Morgan fingerprint density at radius 2 is 1.86 bits per heavy atom. The molecule has 1 aromatic carbocycles. The number of amides is 1. The number of ether oxygens (including phenoxy) is 1. The highest BCUT2D eigenvalue weighted by Crippen LogP contribution is 2.14. The smallest absolute Gasteiger partial charge is 0.409 e. The molecule has 8 nitrogen and oxygen atoms in total. The maximum absolute atomic E-state index is 11.8. The number of carbonyl (C=O) groups excluding carboxylic acids is 1. The van der Waals surface area contributed by atoms with Gasteiger partial charge in [-0.2, -0.15) is 0 Å². The summed E-state index contributed by atoms with van der Waals surface area (Å²) in [7, 11) is 1.78. The number of guanidine groups is 1. The van der Waals surface area contributed by atoms with Gasteiger partial charge in [-0.25, -0.2) is 9.78 Å². The third kappa shape index (κ3) is 5.03. The first kappa shape index (κ1) is 19.7. The second-order valence-corrected chi connectivity index (χ2v) is 6.46. The van der Waals surface area contributed by atoms with Crippen molar-refractivity contribution in [1.82, 2.24) is 20.1 Å². The average Bonchev–Trinajstić information content (AvgIpc) is 2.74. The molecule has 0 radical (unpaired) electrons. The molecule has 1 aliphatic rings. The second-order valence-electron chi connectivity index (χ2n) is 6.46. The first-order valence-corrected chi connectivity index (χ1v) is 9.68. The molecule has 2 aromatic rings. The van der Waals surface area contributed by atoms with E-state index in [1.807, 2.05) is 31.2 Å². The standard InChI is InChI=1S/C20H28N6O2/c1-3-28-20(27)26-14-12-25(13-15-26)19(21-2)23-11-10-22-18-9-8-16-6-4-5-7-17(16)24-18/h4-9H,3,10-15H2,1-2H3,(H,21,23)(H,22,24). The molecule has 1 aliphatic heterocycles. The molecular weight excluding hydrogens is 356 g/mol. The van der Waals surface area contributed by atoms with Gasteiger partial charge in [0.1, 0.15) is 5.82 Å². The van der Waals surface area contributed by atoms with Gasteiger partial charge in [-0.3, -0.25) is 4.99 Å². The maximum atomic E-state index is 11.8. The van der Waals surface area contributed by atoms with Crippen molar-refractivity contribution >= 4 is 28.8 Å². The average molecular weight is 384 g/mol. The van der Waals surface area contributed by atoms with Crippen LogP contribution in [0.3, 0.4) is 0 Å². The number of rotatable bonds is 5. The summed E-state index contributed by atoms with van der Waals surface area (Å²) in [6, 6.07) is 12.1. The molecule has 150 valence electrons. The molecule has 0 atom stereocenters. The molecule has 2 heterocycles. The molecule has 0 unspecified atom stereocenters. The Bertz CT molecular complexity index is 817. The number of aliphatic imine (C=N–C) groups is 1. The number of hydrogen-bond donors (Lipinski definition) is 2. The van der Waals surface area contributed by atoms with E-state index in [-0.39, 0.29) is 6.09 Å². The third-order valence-corrected chi connectivity index (χ3v) is 4.63. The van der Waals surface area contributed by atoms with Crippen LogP contribution in [0.15, 0.2) is 41.4 Å². The number of nitrogens with zero attached hydrogens (tertiary/aromatic N) is 4. The van der Waals surface area contributed by atoms with E-state index in [9.17, 15) is 4.79 Å². The number of para-hydroxylation sites is 1. The predicted molar refractivity (Wildman–Crippen MR) is 112 cm³/mol. The van der Waals surface area contributed by atoms with Gasteiger partial charge in [0.05, 0.1) is 12.1 Å². The van der Waals surface area contributed by atoms with Gasteiger partial charge in [-0.05, 0) is 25.1 Å². The lowest BCUT2D eigenvalue weighted by atomic mass is 10.2. The quantitative estimate of drug-likeness (QED) is 0.466. The van der Waals surface area contributed by atoms with E-state index in [4.69, 9.17) is 4.74 Å². The number of hydrogen-bond acceptors (Lipinski definition) is 5. The minimum atomic E-state index is -0.239. The summed E-state index contributed by atoms with van der Waals surface area (Å²) in [4.78, 5) is 24.7. The number of piperazine rings is 1. The van der Waals surface area contributed by atoms with Crippen LogP contribution in [0, 0.1) is 0 Å². The lowest BCUT2D eigenvalue weighted by molar-refractivity contribution is 0.0915. The topological polar surface area (TPSA) is 82.1 Å². The zero-order valence-corrected chi connectivity index (χ0v) is 16.5. The fraction of sp³-hybridized carbons (Fsp3) is 0.450. The zero-order chi connectivity index (χ0) is 19.8. The van der Waals surface area contributed by atoms with Crippen LogP contribution < -0.4 is 10.6 Å². The SMILES string of the molecule is CCOC(=O)N1CCN(C(=NC)NCCNc2ccc3ccccc3n2)CC1. The Morgan fingerprint density at radius 1 is 1.11 bits per heavy atom. The molecule has 0 saturated carbocycles. The van der Waals surface area contributed by atoms with Crippen molar-refractivity contribution < 1.29 is 9.53 Å². The van der Waals surface area contributed by atoms with Crippen LogP contribution in [-0.2, 0) is 4.74 Å². The van der Waals surface area contributed by atoms with Crippen LogP contribution in [0.4, 0.5) is 10.6 Å². The van der Waals surface area contributed by atoms with Crippen LogP contribution in [-0.4, -0.2) is 79.8 Å². The Kier molecular flexibility index (Phi) is 6.89. The molecular formula is C20H28N6O2. The van der Waals surface area contributed by atoms with Gasteiger partial charge in [-0.1, -0.05) is 18.2 Å². The summed E-state index contributed by atoms with van der Waals surface area (Å²) in [6.45, 7) is 6.42. The summed E-state index contributed by atoms with van der Waals surface area (Å²) in [5.74, 6) is 1.70. The summed E-state index contributed by atoms with van der Waals surface area (Å²) >= 11 is 0. The minimum Gasteiger partial charge on any atom is -0.450 e. The van der Waals surface area contributed by atoms with Crippen molar-refractivity contribution in [1.29, 1.82) is 0 Å². The summed E-state index contributed by atoms with van der Waals surface area (Å²) < 4.78 is 5.06. The molecule has 28 heavy (non-hydrogen) atoms. The number of benzene rings is 1. The molecule has 1 saturated heterocycles. The highest BCUT2D eigenvalue weighted by Gasteiger charge is 2.23. The lowest BCUT2D eigenvalue weighted by Gasteiger charge is -2.35. The number of anilines is 1. The van der Waals surface area contributed by atoms with Crippen LogP contribution in [0.2, 0.25) is 0 Å². The van der Waals surface area contributed by atoms with E-state index in [1.165, 1.54) is 0 Å². The Labute approximate surface area is 165 Å². The monoisotopic (exact) mass is 384 g/mol. The Balaban J connectivity index is 1.42. The molecule has 8 heteroatoms. The molecule has 1 fully saturated rings. The summed E-state index contributed by atoms with van der Waals surface area (Å²) in [6.07, 6.45) is -0.239. The largest absolute Gasteiger partial charge is 0.450 e. The van der Waals surface area contributed by atoms with Crippen molar-refractivity contribution in [3.63, 3.8) is 0 Å². The second kappa shape index (κ2) is 9.77. The maximum Gasteiger partial charge on any atom is 0.409 e. The number of nitrogens with one attached hydrogen (secondary N) is 2. The molecule has 1 amide bonds. The first-order chi connectivity index (χ1) is 13.7. The van der Waals surface area contributed by atoms with Gasteiger partial charge < -0.3 is 25.2 Å². The first-order valence-electron chi connectivity index (χ1n) is 9.68. The van der Waals surface area contributed by atoms with E-state index in [1.54, 1.807) is 11.9 Å². The Morgan fingerprint density at radius 3 is 2.61 bits per heavy atom. The number of carbonyl (C=O) groups is 1. The Hall–Kier alpha value is -3.03. The minimum absolute atomic E-state index is 0.239. The normalized spacial score (nSPS) is 14.9. The highest BCUT2D eigenvalue weighted by molar-refractivity contribution is 5.81. The number of aromatic nitrogens is 1. The van der Waals surface area contributed by atoms with Crippen molar-refractivity contribution in [3.8, 4) is 0 Å². The van der Waals surface area contributed by atoms with Crippen molar-refractivity contribution in [2.75, 3.05) is 58.2 Å². The van der Waals surface area contributed by atoms with Crippen molar-refractivity contribution in [2.24, 2.45) is 4.99 Å². The zero-order valence-electron chi connectivity index (χ0n) is 16.5. The fourth-order valence-corrected chi connectivity index (χ4v) is 3.18. The fourth-order valence-electron chi connectivity index (χ4n) is 3.18. The van der Waals surface area contributed by atoms with Crippen LogP contribution in [0.25, 0.3) is 10.9 Å². The highest BCUT2D eigenvalue weighted by atomic mass is 16.6. The van der Waals surface area contributed by atoms with Gasteiger partial charge in [0.2, 0.25) is 0 Å². The van der Waals surface area contributed by atoms with Crippen LogP contribution in [0.1, 0.15) is 6.92 Å². The van der Waals surface area contributed by atoms with E-state index in [0.717, 1.165) is 48.9 Å². The third-order valence-electron chi connectivity index (χ3n) is 4.63. The molecule has 2 N–H and O–H groups in total. The molecule has 0 bridgehead atoms. The van der Waals surface area contributed by atoms with Crippen LogP contribution in [0.5, 0.6) is 0 Å². The van der Waals surface area contributed by atoms with Crippen LogP contribution >= 0.6 is 0 Å². The summed E-state index contributed by atoms with van der Waals surface area (Å²) in [5.41, 5.74) is 0.982. The van der Waals surface area contributed by atoms with Crippen molar-refractivity contribution in [3.05, 3.63) is 36.4 Å². The molecule has 3 rings (SSSR count). The van der Waals surface area contributed by atoms with E-state index in [2.05, 4.69) is 37.6 Å². The van der Waals surface area contributed by atoms with E-state index >= 15 is 0 Å². The molecule has 1 aromatic heterocycles. The molecule has 0 aliphatic carbocycles. The van der Waals surface area contributed by atoms with Gasteiger partial charge in [0, 0.05) is 51.7 Å². The van der Waals surface area contributed by atoms with Gasteiger partial charge in [-0.15, -0.1) is 0 Å². The van der Waals surface area contributed by atoms with Crippen molar-refractivity contribution in [2.45, 2.75) is 6.92 Å². The van der Waals surface area contributed by atoms with Gasteiger partial charge in [0.15, 0.2) is 5.96 Å². The lowest BCUT2D eigenvalue weighted by Crippen LogP contribution is -2.54. The predicted octanol–water partition coefficient (Wildman–Crippen LogP) is 2.00. The number of fused-ring (bicyclic) bond motifs is 1. The van der Waals surface area contributed by atoms with Gasteiger partial charge in [0.25, 0.3) is 0 Å². The van der Waals surface area contributed by atoms with E-state index in [0.29, 0.717) is 19.7 Å².